The van der Waals surface area contributed by atoms with Crippen LogP contribution in [-0.2, 0) is 0 Å². The highest BCUT2D eigenvalue weighted by Gasteiger charge is 2.14. The van der Waals surface area contributed by atoms with Crippen LogP contribution in [0.2, 0.25) is 0 Å². The van der Waals surface area contributed by atoms with Gasteiger partial charge in [0.25, 0.3) is 5.69 Å². The summed E-state index contributed by atoms with van der Waals surface area (Å²) in [5.74, 6) is 0.488. The highest BCUT2D eigenvalue weighted by Crippen LogP contribution is 2.28. The van der Waals surface area contributed by atoms with Gasteiger partial charge in [0.2, 0.25) is 0 Å². The standard InChI is InChI=1S/C13H20N2O4/c1-3-7-19-13-9-11(14(4-2)5-6-16)8-12(10-13)15(17)18/h8-10,16H,3-7H2,1-2H3. The van der Waals surface area contributed by atoms with E-state index < -0.39 is 4.92 Å². The number of nitro groups is 1. The van der Waals surface area contributed by atoms with Crippen LogP contribution in [0.5, 0.6) is 5.75 Å². The smallest absolute Gasteiger partial charge is 0.275 e. The molecule has 0 heterocycles. The molecule has 0 radical (unpaired) electrons. The molecule has 1 N–H and O–H groups in total. The van der Waals surface area contributed by atoms with Gasteiger partial charge in [-0.1, -0.05) is 6.92 Å². The van der Waals surface area contributed by atoms with E-state index in [1.165, 1.54) is 12.1 Å². The number of likely N-dealkylation sites (N-methyl/N-ethyl adjacent to an activating group) is 1. The number of nitrogens with zero attached hydrogens (tertiary/aromatic N) is 2. The van der Waals surface area contributed by atoms with E-state index in [0.717, 1.165) is 6.42 Å². The normalized spacial score (nSPS) is 10.3. The molecule has 0 amide bonds. The van der Waals surface area contributed by atoms with Crippen LogP contribution in [0.15, 0.2) is 18.2 Å². The van der Waals surface area contributed by atoms with Crippen molar-refractivity contribution in [2.45, 2.75) is 20.3 Å². The first kappa shape index (κ1) is 15.2. The number of anilines is 1. The lowest BCUT2D eigenvalue weighted by molar-refractivity contribution is -0.384. The van der Waals surface area contributed by atoms with Crippen molar-refractivity contribution < 1.29 is 14.8 Å². The first-order valence-corrected chi connectivity index (χ1v) is 6.40. The number of ether oxygens (including phenoxy) is 1. The molecule has 1 aromatic rings. The van der Waals surface area contributed by atoms with E-state index in [0.29, 0.717) is 31.1 Å². The molecule has 0 saturated carbocycles. The molecule has 106 valence electrons. The van der Waals surface area contributed by atoms with Crippen LogP contribution in [0.25, 0.3) is 0 Å². The Bertz CT molecular complexity index is 423. The summed E-state index contributed by atoms with van der Waals surface area (Å²) >= 11 is 0. The fourth-order valence-corrected chi connectivity index (χ4v) is 1.75. The minimum Gasteiger partial charge on any atom is -0.493 e. The fraction of sp³-hybridized carbons (Fsp3) is 0.538. The third-order valence-electron chi connectivity index (χ3n) is 2.68. The monoisotopic (exact) mass is 268 g/mol. The van der Waals surface area contributed by atoms with Crippen LogP contribution in [0, 0.1) is 10.1 Å². The molecule has 1 rings (SSSR count). The van der Waals surface area contributed by atoms with Crippen LogP contribution in [0.1, 0.15) is 20.3 Å². The Morgan fingerprint density at radius 1 is 1.37 bits per heavy atom. The van der Waals surface area contributed by atoms with Gasteiger partial charge in [0.15, 0.2) is 0 Å². The van der Waals surface area contributed by atoms with Crippen molar-refractivity contribution in [1.82, 2.24) is 0 Å². The van der Waals surface area contributed by atoms with Gasteiger partial charge < -0.3 is 14.7 Å². The summed E-state index contributed by atoms with van der Waals surface area (Å²) in [4.78, 5) is 12.4. The third kappa shape index (κ3) is 4.40. The molecule has 0 fully saturated rings. The summed E-state index contributed by atoms with van der Waals surface area (Å²) in [6.07, 6.45) is 0.839. The molecule has 0 spiro atoms. The number of aliphatic hydroxyl groups excluding tert-OH is 1. The lowest BCUT2D eigenvalue weighted by Gasteiger charge is -2.22. The van der Waals surface area contributed by atoms with Crippen molar-refractivity contribution in [3.05, 3.63) is 28.3 Å². The highest BCUT2D eigenvalue weighted by atomic mass is 16.6. The SMILES string of the molecule is CCCOc1cc(N(CC)CCO)cc([N+](=O)[O-])c1. The molecule has 0 aromatic heterocycles. The van der Waals surface area contributed by atoms with E-state index in [4.69, 9.17) is 9.84 Å². The molecular weight excluding hydrogens is 248 g/mol. The van der Waals surface area contributed by atoms with Crippen molar-refractivity contribution in [2.24, 2.45) is 0 Å². The maximum atomic E-state index is 10.9. The lowest BCUT2D eigenvalue weighted by atomic mass is 10.2. The minimum absolute atomic E-state index is 0.00000661. The molecule has 19 heavy (non-hydrogen) atoms. The van der Waals surface area contributed by atoms with Crippen molar-refractivity contribution in [1.29, 1.82) is 0 Å². The maximum Gasteiger partial charge on any atom is 0.275 e. The van der Waals surface area contributed by atoms with Crippen molar-refractivity contribution in [3.8, 4) is 5.75 Å². The molecule has 6 heteroatoms. The van der Waals surface area contributed by atoms with Gasteiger partial charge in [-0.2, -0.15) is 0 Å². The molecule has 0 aliphatic rings. The average Bonchev–Trinajstić information content (AvgIpc) is 2.42. The number of rotatable bonds is 8. The second-order valence-electron chi connectivity index (χ2n) is 4.09. The zero-order valence-electron chi connectivity index (χ0n) is 11.3. The van der Waals surface area contributed by atoms with E-state index in [1.54, 1.807) is 6.07 Å². The van der Waals surface area contributed by atoms with Crippen LogP contribution in [0.4, 0.5) is 11.4 Å². The first-order valence-electron chi connectivity index (χ1n) is 6.40. The molecule has 0 bridgehead atoms. The number of hydrogen-bond acceptors (Lipinski definition) is 5. The largest absolute Gasteiger partial charge is 0.493 e. The van der Waals surface area contributed by atoms with E-state index in [9.17, 15) is 10.1 Å². The van der Waals surface area contributed by atoms with Crippen LogP contribution >= 0.6 is 0 Å². The minimum atomic E-state index is -0.435. The topological polar surface area (TPSA) is 75.8 Å². The Balaban J connectivity index is 3.07. The zero-order chi connectivity index (χ0) is 14.3. The Hall–Kier alpha value is -1.82. The molecule has 0 aliphatic heterocycles. The summed E-state index contributed by atoms with van der Waals surface area (Å²) in [6, 6.07) is 4.69. The number of non-ortho nitro benzene ring substituents is 1. The van der Waals surface area contributed by atoms with Gasteiger partial charge in [-0.25, -0.2) is 0 Å². The number of aliphatic hydroxyl groups is 1. The van der Waals surface area contributed by atoms with Crippen LogP contribution in [-0.4, -0.2) is 36.3 Å². The molecule has 0 unspecified atom stereocenters. The zero-order valence-corrected chi connectivity index (χ0v) is 11.3. The van der Waals surface area contributed by atoms with Crippen molar-refractivity contribution in [2.75, 3.05) is 31.2 Å². The Labute approximate surface area is 112 Å². The summed E-state index contributed by atoms with van der Waals surface area (Å²) in [6.45, 7) is 5.53. The van der Waals surface area contributed by atoms with Crippen LogP contribution in [0.3, 0.4) is 0 Å². The van der Waals surface area contributed by atoms with Crippen molar-refractivity contribution >= 4 is 11.4 Å². The summed E-state index contributed by atoms with van der Waals surface area (Å²) in [5, 5.41) is 19.9. The van der Waals surface area contributed by atoms with Gasteiger partial charge in [-0.15, -0.1) is 0 Å². The van der Waals surface area contributed by atoms with E-state index >= 15 is 0 Å². The quantitative estimate of drug-likeness (QED) is 0.578. The molecule has 1 aromatic carbocycles. The number of hydrogen-bond donors (Lipinski definition) is 1. The molecular formula is C13H20N2O4. The van der Waals surface area contributed by atoms with E-state index in [-0.39, 0.29) is 12.3 Å². The molecule has 6 nitrogen and oxygen atoms in total. The van der Waals surface area contributed by atoms with Gasteiger partial charge in [0.05, 0.1) is 24.2 Å². The van der Waals surface area contributed by atoms with Gasteiger partial charge >= 0.3 is 0 Å². The van der Waals surface area contributed by atoms with Crippen molar-refractivity contribution in [3.63, 3.8) is 0 Å². The molecule has 0 aliphatic carbocycles. The Kier molecular flexibility index (Phi) is 6.08. The van der Waals surface area contributed by atoms with Gasteiger partial charge in [0.1, 0.15) is 5.75 Å². The fourth-order valence-electron chi connectivity index (χ4n) is 1.75. The second kappa shape index (κ2) is 7.58. The highest BCUT2D eigenvalue weighted by molar-refractivity contribution is 5.58. The number of benzene rings is 1. The summed E-state index contributed by atoms with van der Waals surface area (Å²) in [7, 11) is 0. The van der Waals surface area contributed by atoms with Crippen LogP contribution < -0.4 is 9.64 Å². The van der Waals surface area contributed by atoms with Gasteiger partial charge in [-0.3, -0.25) is 10.1 Å². The second-order valence-corrected chi connectivity index (χ2v) is 4.09. The maximum absolute atomic E-state index is 10.9. The van der Waals surface area contributed by atoms with Gasteiger partial charge in [-0.05, 0) is 13.3 Å². The molecule has 0 saturated heterocycles. The Morgan fingerprint density at radius 2 is 2.11 bits per heavy atom. The summed E-state index contributed by atoms with van der Waals surface area (Å²) in [5.41, 5.74) is 0.692. The average molecular weight is 268 g/mol. The third-order valence-corrected chi connectivity index (χ3v) is 2.68. The number of nitro benzene ring substituents is 1. The predicted molar refractivity (Wildman–Crippen MR) is 73.9 cm³/mol. The molecule has 0 atom stereocenters. The lowest BCUT2D eigenvalue weighted by Crippen LogP contribution is -2.26. The first-order chi connectivity index (χ1) is 9.12. The van der Waals surface area contributed by atoms with Gasteiger partial charge in [0, 0.05) is 30.9 Å². The van der Waals surface area contributed by atoms with E-state index in [2.05, 4.69) is 0 Å². The predicted octanol–water partition coefficient (Wildman–Crippen LogP) is 2.20. The summed E-state index contributed by atoms with van der Waals surface area (Å²) < 4.78 is 5.47. The Morgan fingerprint density at radius 3 is 2.63 bits per heavy atom. The van der Waals surface area contributed by atoms with E-state index in [1.807, 2.05) is 18.7 Å².